The van der Waals surface area contributed by atoms with Gasteiger partial charge in [-0.25, -0.2) is 18.2 Å². The highest BCUT2D eigenvalue weighted by molar-refractivity contribution is 7.89. The van der Waals surface area contributed by atoms with E-state index in [0.717, 1.165) is 0 Å². The van der Waals surface area contributed by atoms with Crippen molar-refractivity contribution in [3.63, 3.8) is 0 Å². The summed E-state index contributed by atoms with van der Waals surface area (Å²) < 4.78 is 33.4. The topological polar surface area (TPSA) is 128 Å². The number of ether oxygens (including phenoxy) is 1. The highest BCUT2D eigenvalue weighted by Crippen LogP contribution is 2.30. The molecule has 2 atom stereocenters. The normalized spacial score (nSPS) is 27.3. The predicted molar refractivity (Wildman–Crippen MR) is 102 cm³/mol. The SMILES string of the molecule is O=C(NO)C1(O)CNCCC1S(=O)(=O)N1CCC(Oc2ccc(Cl)cc2)CC1. The Morgan fingerprint density at radius 1 is 1.25 bits per heavy atom. The van der Waals surface area contributed by atoms with Crippen LogP contribution in [0.1, 0.15) is 19.3 Å². The summed E-state index contributed by atoms with van der Waals surface area (Å²) in [6.45, 7) is 0.545. The summed E-state index contributed by atoms with van der Waals surface area (Å²) in [5, 5.41) is 21.7. The second kappa shape index (κ2) is 8.52. The highest BCUT2D eigenvalue weighted by Gasteiger charge is 2.54. The lowest BCUT2D eigenvalue weighted by Crippen LogP contribution is -2.67. The minimum Gasteiger partial charge on any atom is -0.490 e. The van der Waals surface area contributed by atoms with E-state index in [1.165, 1.54) is 9.79 Å². The fraction of sp³-hybridized carbons (Fsp3) is 0.588. The standard InChI is InChI=1S/C17H24ClN3O6S/c18-12-1-3-13(4-2-12)27-14-6-9-21(10-7-14)28(25,26)15-5-8-19-11-17(15,23)16(22)20-24/h1-4,14-15,19,23-24H,5-11H2,(H,20,22). The third-order valence-electron chi connectivity index (χ3n) is 5.24. The van der Waals surface area contributed by atoms with Crippen LogP contribution in [0, 0.1) is 0 Å². The number of β-amino-alcohol motifs (C(OH)–C–C–N with tert-alkyl or cyclic N) is 1. The Morgan fingerprint density at radius 3 is 2.50 bits per heavy atom. The van der Waals surface area contributed by atoms with E-state index >= 15 is 0 Å². The molecular weight excluding hydrogens is 410 g/mol. The van der Waals surface area contributed by atoms with Gasteiger partial charge >= 0.3 is 0 Å². The summed E-state index contributed by atoms with van der Waals surface area (Å²) in [6.07, 6.45) is 0.891. The lowest BCUT2D eigenvalue weighted by Gasteiger charge is -2.41. The van der Waals surface area contributed by atoms with Gasteiger partial charge in [0.05, 0.1) is 0 Å². The summed E-state index contributed by atoms with van der Waals surface area (Å²) in [5.41, 5.74) is -0.856. The smallest absolute Gasteiger partial charge is 0.278 e. The number of hydrogen-bond donors (Lipinski definition) is 4. The van der Waals surface area contributed by atoms with Crippen molar-refractivity contribution < 1.29 is 28.3 Å². The summed E-state index contributed by atoms with van der Waals surface area (Å²) >= 11 is 5.86. The van der Waals surface area contributed by atoms with E-state index in [2.05, 4.69) is 5.32 Å². The van der Waals surface area contributed by atoms with E-state index in [1.54, 1.807) is 24.3 Å². The van der Waals surface area contributed by atoms with Gasteiger partial charge < -0.3 is 15.2 Å². The maximum Gasteiger partial charge on any atom is 0.278 e. The Morgan fingerprint density at radius 2 is 1.89 bits per heavy atom. The van der Waals surface area contributed by atoms with Gasteiger partial charge in [0.2, 0.25) is 10.0 Å². The molecule has 2 saturated heterocycles. The molecule has 0 saturated carbocycles. The van der Waals surface area contributed by atoms with Gasteiger partial charge in [-0.05, 0) is 50.1 Å². The number of sulfonamides is 1. The number of nitrogens with one attached hydrogen (secondary N) is 2. The molecule has 0 bridgehead atoms. The zero-order valence-electron chi connectivity index (χ0n) is 15.2. The van der Waals surface area contributed by atoms with Gasteiger partial charge in [0.1, 0.15) is 17.1 Å². The van der Waals surface area contributed by atoms with Crippen LogP contribution in [0.5, 0.6) is 5.75 Å². The molecule has 2 unspecified atom stereocenters. The molecule has 2 aliphatic rings. The van der Waals surface area contributed by atoms with Crippen molar-refractivity contribution >= 4 is 27.5 Å². The molecule has 9 nitrogen and oxygen atoms in total. The van der Waals surface area contributed by atoms with Crippen molar-refractivity contribution in [1.82, 2.24) is 15.1 Å². The van der Waals surface area contributed by atoms with Crippen molar-refractivity contribution in [2.75, 3.05) is 26.2 Å². The second-order valence-electron chi connectivity index (χ2n) is 7.03. The molecule has 156 valence electrons. The number of rotatable bonds is 5. The molecule has 0 aromatic heterocycles. The molecule has 1 aromatic rings. The first kappa shape index (κ1) is 21.3. The number of amides is 1. The molecule has 4 N–H and O–H groups in total. The Bertz CT molecular complexity index is 798. The van der Waals surface area contributed by atoms with Crippen LogP contribution in [0.3, 0.4) is 0 Å². The van der Waals surface area contributed by atoms with Crippen molar-refractivity contribution in [3.05, 3.63) is 29.3 Å². The Labute approximate surface area is 168 Å². The lowest BCUT2D eigenvalue weighted by molar-refractivity contribution is -0.150. The van der Waals surface area contributed by atoms with Crippen molar-refractivity contribution in [3.8, 4) is 5.75 Å². The number of nitrogens with zero attached hydrogens (tertiary/aromatic N) is 1. The zero-order valence-corrected chi connectivity index (χ0v) is 16.7. The minimum absolute atomic E-state index is 0.0630. The van der Waals surface area contributed by atoms with Gasteiger partial charge in [-0.3, -0.25) is 10.0 Å². The highest BCUT2D eigenvalue weighted by atomic mass is 35.5. The number of carbonyl (C=O) groups is 1. The van der Waals surface area contributed by atoms with Crippen LogP contribution >= 0.6 is 11.6 Å². The average Bonchev–Trinajstić information content (AvgIpc) is 2.69. The summed E-state index contributed by atoms with van der Waals surface area (Å²) in [6, 6.07) is 6.96. The quantitative estimate of drug-likeness (QED) is 0.383. The van der Waals surface area contributed by atoms with Gasteiger partial charge in [-0.1, -0.05) is 11.6 Å². The number of aliphatic hydroxyl groups is 1. The molecule has 3 rings (SSSR count). The molecule has 28 heavy (non-hydrogen) atoms. The monoisotopic (exact) mass is 433 g/mol. The Balaban J connectivity index is 1.66. The van der Waals surface area contributed by atoms with Gasteiger partial charge in [-0.2, -0.15) is 0 Å². The lowest BCUT2D eigenvalue weighted by atomic mass is 9.93. The largest absolute Gasteiger partial charge is 0.490 e. The first-order valence-corrected chi connectivity index (χ1v) is 10.9. The average molecular weight is 434 g/mol. The van der Waals surface area contributed by atoms with Gasteiger partial charge in [0.25, 0.3) is 5.91 Å². The first-order valence-electron chi connectivity index (χ1n) is 9.06. The molecule has 2 heterocycles. The number of hydrogen-bond acceptors (Lipinski definition) is 7. The number of hydroxylamine groups is 1. The van der Waals surface area contributed by atoms with Gasteiger partial charge in [-0.15, -0.1) is 0 Å². The predicted octanol–water partition coefficient (Wildman–Crippen LogP) is 0.111. The molecule has 2 aliphatic heterocycles. The Hall–Kier alpha value is -1.43. The van der Waals surface area contributed by atoms with E-state index in [1.807, 2.05) is 0 Å². The van der Waals surface area contributed by atoms with Crippen LogP contribution in [0.15, 0.2) is 24.3 Å². The number of piperidine rings is 2. The third-order valence-corrected chi connectivity index (χ3v) is 7.92. The van der Waals surface area contributed by atoms with Crippen LogP contribution in [-0.4, -0.2) is 72.1 Å². The molecule has 0 aliphatic carbocycles. The molecular formula is C17H24ClN3O6S. The Kier molecular flexibility index (Phi) is 6.47. The maximum atomic E-state index is 13.1. The van der Waals surface area contributed by atoms with Crippen LogP contribution < -0.4 is 15.5 Å². The number of benzene rings is 1. The molecule has 1 amide bonds. The zero-order chi connectivity index (χ0) is 20.4. The molecule has 0 radical (unpaired) electrons. The van der Waals surface area contributed by atoms with E-state index in [-0.39, 0.29) is 32.2 Å². The number of carbonyl (C=O) groups excluding carboxylic acids is 1. The molecule has 11 heteroatoms. The van der Waals surface area contributed by atoms with E-state index in [4.69, 9.17) is 21.5 Å². The van der Waals surface area contributed by atoms with Gasteiger partial charge in [0, 0.05) is 24.7 Å². The van der Waals surface area contributed by atoms with Crippen molar-refractivity contribution in [2.45, 2.75) is 36.2 Å². The second-order valence-corrected chi connectivity index (χ2v) is 9.59. The van der Waals surface area contributed by atoms with Crippen LogP contribution in [0.4, 0.5) is 0 Å². The van der Waals surface area contributed by atoms with E-state index in [9.17, 15) is 18.3 Å². The van der Waals surface area contributed by atoms with Crippen molar-refractivity contribution in [2.24, 2.45) is 0 Å². The van der Waals surface area contributed by atoms with E-state index < -0.39 is 26.8 Å². The summed E-state index contributed by atoms with van der Waals surface area (Å²) in [7, 11) is -3.95. The fourth-order valence-corrected chi connectivity index (χ4v) is 5.98. The molecule has 1 aromatic carbocycles. The third kappa shape index (κ3) is 4.27. The molecule has 2 fully saturated rings. The first-order chi connectivity index (χ1) is 13.3. The maximum absolute atomic E-state index is 13.1. The molecule has 0 spiro atoms. The van der Waals surface area contributed by atoms with Gasteiger partial charge in [0.15, 0.2) is 5.60 Å². The number of halogens is 1. The van der Waals surface area contributed by atoms with Crippen molar-refractivity contribution in [1.29, 1.82) is 0 Å². The van der Waals surface area contributed by atoms with Crippen LogP contribution in [0.2, 0.25) is 5.02 Å². The summed E-state index contributed by atoms with van der Waals surface area (Å²) in [5.74, 6) is -0.465. The summed E-state index contributed by atoms with van der Waals surface area (Å²) in [4.78, 5) is 11.9. The minimum atomic E-state index is -3.95. The van der Waals surface area contributed by atoms with Crippen LogP contribution in [0.25, 0.3) is 0 Å². The fourth-order valence-electron chi connectivity index (χ4n) is 3.67. The van der Waals surface area contributed by atoms with E-state index in [0.29, 0.717) is 30.2 Å². The van der Waals surface area contributed by atoms with Crippen LogP contribution in [-0.2, 0) is 14.8 Å².